The molecule has 4 N–H and O–H groups in total. The topological polar surface area (TPSA) is 172 Å². The van der Waals surface area contributed by atoms with Crippen molar-refractivity contribution in [2.24, 2.45) is 5.73 Å². The molecule has 0 saturated carbocycles. The summed E-state index contributed by atoms with van der Waals surface area (Å²) in [4.78, 5) is 45.7. The summed E-state index contributed by atoms with van der Waals surface area (Å²) in [5.74, 6) is -2.38. The van der Waals surface area contributed by atoms with E-state index in [1.54, 1.807) is 0 Å². The van der Waals surface area contributed by atoms with Gasteiger partial charge in [0.2, 0.25) is 0 Å². The molecular weight excluding hydrogens is 649 g/mol. The molecule has 0 fully saturated rings. The van der Waals surface area contributed by atoms with Crippen LogP contribution in [0.3, 0.4) is 0 Å². The molecule has 0 aromatic heterocycles. The smallest absolute Gasteiger partial charge is 0.472 e. The number of allylic oxidation sites excluding steroid dienone is 2. The number of hydrogen-bond acceptors (Lipinski definition) is 9. The van der Waals surface area contributed by atoms with Crippen molar-refractivity contribution in [2.75, 3.05) is 19.8 Å². The van der Waals surface area contributed by atoms with Crippen molar-refractivity contribution in [1.29, 1.82) is 0 Å². The lowest BCUT2D eigenvalue weighted by molar-refractivity contribution is -0.161. The van der Waals surface area contributed by atoms with Gasteiger partial charge in [-0.25, -0.2) is 4.57 Å². The Morgan fingerprint density at radius 1 is 0.612 bits per heavy atom. The molecule has 0 aromatic carbocycles. The van der Waals surface area contributed by atoms with E-state index in [2.05, 4.69) is 30.5 Å². The predicted octanol–water partition coefficient (Wildman–Crippen LogP) is 9.34. The van der Waals surface area contributed by atoms with Gasteiger partial charge >= 0.3 is 25.7 Å². The van der Waals surface area contributed by atoms with Gasteiger partial charge in [0.05, 0.1) is 13.2 Å². The summed E-state index contributed by atoms with van der Waals surface area (Å²) < 4.78 is 32.5. The highest BCUT2D eigenvalue weighted by molar-refractivity contribution is 7.47. The quantitative estimate of drug-likeness (QED) is 0.0244. The lowest BCUT2D eigenvalue weighted by atomic mass is 10.0. The van der Waals surface area contributed by atoms with Gasteiger partial charge in [0.1, 0.15) is 12.6 Å². The van der Waals surface area contributed by atoms with E-state index >= 15 is 0 Å². The van der Waals surface area contributed by atoms with Gasteiger partial charge in [0, 0.05) is 12.8 Å². The Hall–Kier alpha value is -1.78. The third-order valence-corrected chi connectivity index (χ3v) is 9.21. The van der Waals surface area contributed by atoms with Crippen LogP contribution in [0.2, 0.25) is 0 Å². The van der Waals surface area contributed by atoms with Gasteiger partial charge in [0.25, 0.3) is 0 Å². The third kappa shape index (κ3) is 33.1. The van der Waals surface area contributed by atoms with E-state index < -0.39 is 51.1 Å². The van der Waals surface area contributed by atoms with Crippen LogP contribution >= 0.6 is 7.82 Å². The number of hydrogen-bond donors (Lipinski definition) is 3. The van der Waals surface area contributed by atoms with Crippen LogP contribution in [0, 0.1) is 0 Å². The predicted molar refractivity (Wildman–Crippen MR) is 194 cm³/mol. The number of carbonyl (C=O) groups is 3. The molecule has 288 valence electrons. The average molecular weight is 720 g/mol. The summed E-state index contributed by atoms with van der Waals surface area (Å²) in [6.07, 6.45) is 29.9. The maximum Gasteiger partial charge on any atom is 0.472 e. The number of nitrogens with two attached hydrogens (primary N) is 1. The monoisotopic (exact) mass is 719 g/mol. The van der Waals surface area contributed by atoms with Crippen LogP contribution < -0.4 is 5.73 Å². The van der Waals surface area contributed by atoms with E-state index in [0.29, 0.717) is 12.8 Å². The van der Waals surface area contributed by atoms with Crippen molar-refractivity contribution in [3.63, 3.8) is 0 Å². The minimum absolute atomic E-state index is 0.154. The first kappa shape index (κ1) is 47.2. The Kier molecular flexibility index (Phi) is 32.2. The van der Waals surface area contributed by atoms with Crippen LogP contribution in [0.4, 0.5) is 0 Å². The van der Waals surface area contributed by atoms with Crippen molar-refractivity contribution in [3.8, 4) is 0 Å². The normalized spacial score (nSPS) is 14.0. The van der Waals surface area contributed by atoms with Crippen molar-refractivity contribution in [3.05, 3.63) is 12.2 Å². The molecule has 0 saturated heterocycles. The molecule has 0 aliphatic carbocycles. The molecule has 0 amide bonds. The summed E-state index contributed by atoms with van der Waals surface area (Å²) in [5.41, 5.74) is 5.31. The molecule has 3 unspecified atom stereocenters. The zero-order chi connectivity index (χ0) is 36.4. The fraction of sp³-hybridized carbons (Fsp3) is 0.865. The van der Waals surface area contributed by atoms with Crippen molar-refractivity contribution >= 4 is 25.7 Å². The first-order valence-corrected chi connectivity index (χ1v) is 20.7. The highest BCUT2D eigenvalue weighted by atomic mass is 31.2. The molecular formula is C37H70NO10P. The fourth-order valence-electron chi connectivity index (χ4n) is 5.18. The lowest BCUT2D eigenvalue weighted by Crippen LogP contribution is -2.34. The van der Waals surface area contributed by atoms with Gasteiger partial charge in [-0.15, -0.1) is 0 Å². The van der Waals surface area contributed by atoms with Crippen LogP contribution in [-0.4, -0.2) is 59.9 Å². The van der Waals surface area contributed by atoms with Crippen LogP contribution in [0.5, 0.6) is 0 Å². The number of carboxylic acids is 1. The highest BCUT2D eigenvalue weighted by Gasteiger charge is 2.28. The minimum atomic E-state index is -4.70. The van der Waals surface area contributed by atoms with Gasteiger partial charge in [-0.05, 0) is 38.5 Å². The molecule has 0 rings (SSSR count). The number of phosphoric acid groups is 1. The Morgan fingerprint density at radius 2 is 1.02 bits per heavy atom. The summed E-state index contributed by atoms with van der Waals surface area (Å²) >= 11 is 0. The van der Waals surface area contributed by atoms with E-state index in [1.165, 1.54) is 77.0 Å². The van der Waals surface area contributed by atoms with Crippen molar-refractivity contribution in [1.82, 2.24) is 0 Å². The number of carboxylic acid groups (broad SMARTS) is 1. The molecule has 0 aliphatic rings. The molecule has 0 radical (unpaired) electrons. The molecule has 49 heavy (non-hydrogen) atoms. The summed E-state index contributed by atoms with van der Waals surface area (Å²) in [5, 5.41) is 8.85. The summed E-state index contributed by atoms with van der Waals surface area (Å²) in [6.45, 7) is 2.76. The Labute approximate surface area is 297 Å². The first-order valence-electron chi connectivity index (χ1n) is 19.2. The van der Waals surface area contributed by atoms with Gasteiger partial charge in [-0.2, -0.15) is 0 Å². The van der Waals surface area contributed by atoms with E-state index in [9.17, 15) is 23.8 Å². The van der Waals surface area contributed by atoms with Gasteiger partial charge in [0.15, 0.2) is 6.10 Å². The second-order valence-corrected chi connectivity index (χ2v) is 14.5. The zero-order valence-corrected chi connectivity index (χ0v) is 31.7. The van der Waals surface area contributed by atoms with E-state index in [-0.39, 0.29) is 19.4 Å². The number of phosphoric ester groups is 1. The third-order valence-electron chi connectivity index (χ3n) is 8.26. The molecule has 0 spiro atoms. The molecule has 11 nitrogen and oxygen atoms in total. The first-order chi connectivity index (χ1) is 23.6. The van der Waals surface area contributed by atoms with Gasteiger partial charge < -0.3 is 25.2 Å². The summed E-state index contributed by atoms with van der Waals surface area (Å²) in [7, 11) is -4.70. The van der Waals surface area contributed by atoms with Crippen molar-refractivity contribution in [2.45, 2.75) is 187 Å². The van der Waals surface area contributed by atoms with Crippen molar-refractivity contribution < 1.29 is 47.5 Å². The largest absolute Gasteiger partial charge is 0.480 e. The second-order valence-electron chi connectivity index (χ2n) is 13.1. The Bertz CT molecular complexity index is 900. The standard InChI is InChI=1S/C37H70NO10P/c1-3-5-7-9-11-13-15-17-19-21-23-25-27-29-36(40)48-33(31-46-49(43,44)47-32-34(38)37(41)42)30-45-35(39)28-26-24-22-20-18-16-14-12-10-8-6-4-2/h13,15,33-34H,3-12,14,16-32,38H2,1-2H3,(H,41,42)(H,43,44)/b15-13-. The fourth-order valence-corrected chi connectivity index (χ4v) is 5.95. The van der Waals surface area contributed by atoms with Crippen LogP contribution in [0.1, 0.15) is 174 Å². The summed E-state index contributed by atoms with van der Waals surface area (Å²) in [6, 6.07) is -1.52. The van der Waals surface area contributed by atoms with Crippen LogP contribution in [-0.2, 0) is 37.5 Å². The molecule has 0 aliphatic heterocycles. The lowest BCUT2D eigenvalue weighted by Gasteiger charge is -2.20. The number of carbonyl (C=O) groups excluding carboxylic acids is 2. The number of rotatable bonds is 36. The number of unbranched alkanes of at least 4 members (excludes halogenated alkanes) is 20. The van der Waals surface area contributed by atoms with Gasteiger partial charge in [-0.1, -0.05) is 135 Å². The van der Waals surface area contributed by atoms with Crippen LogP contribution in [0.15, 0.2) is 12.2 Å². The molecule has 0 aromatic rings. The maximum absolute atomic E-state index is 12.5. The second kappa shape index (κ2) is 33.4. The SMILES string of the molecule is CCCCCC/C=C\CCCCCCCC(=O)OC(COC(=O)CCCCCCCCCCCCCC)COP(=O)(O)OCC(N)C(=O)O. The minimum Gasteiger partial charge on any atom is -0.480 e. The molecule has 12 heteroatoms. The number of aliphatic carboxylic acids is 1. The Balaban J connectivity index is 4.44. The molecule has 0 bridgehead atoms. The zero-order valence-electron chi connectivity index (χ0n) is 30.8. The van der Waals surface area contributed by atoms with Crippen LogP contribution in [0.25, 0.3) is 0 Å². The number of ether oxygens (including phenoxy) is 2. The van der Waals surface area contributed by atoms with E-state index in [1.807, 2.05) is 0 Å². The molecule has 3 atom stereocenters. The maximum atomic E-state index is 12.5. The highest BCUT2D eigenvalue weighted by Crippen LogP contribution is 2.43. The van der Waals surface area contributed by atoms with E-state index in [4.69, 9.17) is 24.8 Å². The molecule has 0 heterocycles. The van der Waals surface area contributed by atoms with E-state index in [0.717, 1.165) is 57.8 Å². The number of esters is 2. The average Bonchev–Trinajstić information content (AvgIpc) is 3.07. The Morgan fingerprint density at radius 3 is 1.51 bits per heavy atom. The van der Waals surface area contributed by atoms with Gasteiger partial charge in [-0.3, -0.25) is 23.4 Å².